The van der Waals surface area contributed by atoms with Crippen molar-refractivity contribution >= 4 is 16.7 Å². The Balaban J connectivity index is 1.96. The molecule has 2 aromatic heterocycles. The Morgan fingerprint density at radius 3 is 2.65 bits per heavy atom. The van der Waals surface area contributed by atoms with Gasteiger partial charge >= 0.3 is 0 Å². The zero-order chi connectivity index (χ0) is 16.6. The number of hydrogen-bond donors (Lipinski definition) is 0. The molecule has 0 atom stereocenters. The van der Waals surface area contributed by atoms with Crippen molar-refractivity contribution in [2.24, 2.45) is 7.05 Å². The Morgan fingerprint density at radius 2 is 2.00 bits per heavy atom. The minimum absolute atomic E-state index is 0.0815. The highest BCUT2D eigenvalue weighted by Gasteiger charge is 2.26. The van der Waals surface area contributed by atoms with Gasteiger partial charge in [0.1, 0.15) is 5.69 Å². The van der Waals surface area contributed by atoms with Crippen molar-refractivity contribution in [3.05, 3.63) is 36.2 Å². The summed E-state index contributed by atoms with van der Waals surface area (Å²) in [4.78, 5) is 11.8. The molecule has 0 radical (unpaired) electrons. The molecule has 0 spiro atoms. The van der Waals surface area contributed by atoms with E-state index in [1.807, 2.05) is 24.4 Å². The minimum Gasteiger partial charge on any atom is -0.296 e. The minimum atomic E-state index is -1.88. The fourth-order valence-electron chi connectivity index (χ4n) is 2.19. The summed E-state index contributed by atoms with van der Waals surface area (Å²) in [5, 5.41) is 16.9. The second kappa shape index (κ2) is 5.49. The third-order valence-electron chi connectivity index (χ3n) is 3.54. The van der Waals surface area contributed by atoms with Crippen LogP contribution in [-0.4, -0.2) is 36.6 Å². The number of Topliss-reactive ketones (excluding diaryl/α,β-unsaturated/α-hetero) is 1. The summed E-state index contributed by atoms with van der Waals surface area (Å²) >= 11 is 0. The van der Waals surface area contributed by atoms with Gasteiger partial charge < -0.3 is 0 Å². The molecule has 0 aliphatic carbocycles. The zero-order valence-electron chi connectivity index (χ0n) is 13.1. The van der Waals surface area contributed by atoms with Crippen LogP contribution in [-0.2, 0) is 18.3 Å². The number of halogens is 1. The van der Waals surface area contributed by atoms with E-state index in [1.165, 1.54) is 13.8 Å². The number of nitrogens with zero attached hydrogens (tertiary/aromatic N) is 5. The summed E-state index contributed by atoms with van der Waals surface area (Å²) in [6.45, 7) is 2.49. The van der Waals surface area contributed by atoms with Crippen LogP contribution in [0.2, 0.25) is 0 Å². The molecule has 7 heteroatoms. The quantitative estimate of drug-likeness (QED) is 0.739. The van der Waals surface area contributed by atoms with Crippen molar-refractivity contribution in [3.63, 3.8) is 0 Å². The molecular formula is C16H16FN5O. The average molecular weight is 313 g/mol. The van der Waals surface area contributed by atoms with Gasteiger partial charge in [-0.2, -0.15) is 10.2 Å². The van der Waals surface area contributed by atoms with Crippen LogP contribution in [0.25, 0.3) is 22.2 Å². The van der Waals surface area contributed by atoms with E-state index in [1.54, 1.807) is 17.8 Å². The molecule has 0 unspecified atom stereocenters. The largest absolute Gasteiger partial charge is 0.296 e. The van der Waals surface area contributed by atoms with Crippen LogP contribution < -0.4 is 0 Å². The van der Waals surface area contributed by atoms with Gasteiger partial charge in [0.05, 0.1) is 23.8 Å². The maximum absolute atomic E-state index is 13.7. The fourth-order valence-corrected chi connectivity index (χ4v) is 2.19. The average Bonchev–Trinajstić information content (AvgIpc) is 2.92. The summed E-state index contributed by atoms with van der Waals surface area (Å²) < 4.78 is 15.3. The Labute approximate surface area is 132 Å². The van der Waals surface area contributed by atoms with Gasteiger partial charge in [-0.3, -0.25) is 9.48 Å². The standard InChI is InChI=1S/C16H16FN5O/c1-16(2,17)15(23)8-12-7-11-6-10(4-5-13(11)19-18-12)14-9-22(3)21-20-14/h4-7,9H,8H2,1-3H3. The van der Waals surface area contributed by atoms with Crippen molar-refractivity contribution in [2.75, 3.05) is 0 Å². The number of carbonyl (C=O) groups excluding carboxylic acids is 1. The highest BCUT2D eigenvalue weighted by Crippen LogP contribution is 2.22. The van der Waals surface area contributed by atoms with Crippen LogP contribution in [0.4, 0.5) is 4.39 Å². The van der Waals surface area contributed by atoms with Crippen LogP contribution >= 0.6 is 0 Å². The van der Waals surface area contributed by atoms with Crippen LogP contribution in [0, 0.1) is 0 Å². The fraction of sp³-hybridized carbons (Fsp3) is 0.312. The van der Waals surface area contributed by atoms with Gasteiger partial charge in [0.25, 0.3) is 0 Å². The molecule has 23 heavy (non-hydrogen) atoms. The first-order chi connectivity index (χ1) is 10.8. The third-order valence-corrected chi connectivity index (χ3v) is 3.54. The molecule has 0 amide bonds. The lowest BCUT2D eigenvalue weighted by Crippen LogP contribution is -2.28. The third kappa shape index (κ3) is 3.23. The monoisotopic (exact) mass is 313 g/mol. The molecule has 1 aromatic carbocycles. The van der Waals surface area contributed by atoms with Gasteiger partial charge in [-0.15, -0.1) is 5.10 Å². The van der Waals surface area contributed by atoms with E-state index in [0.717, 1.165) is 16.6 Å². The summed E-state index contributed by atoms with van der Waals surface area (Å²) in [6, 6.07) is 7.38. The Morgan fingerprint density at radius 1 is 1.22 bits per heavy atom. The number of aromatic nitrogens is 5. The van der Waals surface area contributed by atoms with Crippen LogP contribution in [0.3, 0.4) is 0 Å². The number of carbonyl (C=O) groups is 1. The maximum Gasteiger partial charge on any atom is 0.175 e. The molecule has 3 rings (SSSR count). The number of ketones is 1. The van der Waals surface area contributed by atoms with E-state index >= 15 is 0 Å². The predicted octanol–water partition coefficient (Wildman–Crippen LogP) is 2.29. The number of hydrogen-bond acceptors (Lipinski definition) is 5. The van der Waals surface area contributed by atoms with Crippen molar-refractivity contribution in [1.29, 1.82) is 0 Å². The Kier molecular flexibility index (Phi) is 3.63. The first kappa shape index (κ1) is 15.2. The normalized spacial score (nSPS) is 11.8. The molecule has 118 valence electrons. The highest BCUT2D eigenvalue weighted by atomic mass is 19.1. The molecule has 6 nitrogen and oxygen atoms in total. The van der Waals surface area contributed by atoms with Crippen LogP contribution in [0.1, 0.15) is 19.5 Å². The maximum atomic E-state index is 13.7. The van der Waals surface area contributed by atoms with Crippen molar-refractivity contribution in [2.45, 2.75) is 25.9 Å². The lowest BCUT2D eigenvalue weighted by molar-refractivity contribution is -0.127. The Bertz CT molecular complexity index is 882. The van der Waals surface area contributed by atoms with Crippen molar-refractivity contribution in [3.8, 4) is 11.3 Å². The molecule has 0 aliphatic heterocycles. The molecule has 0 aliphatic rings. The molecule has 2 heterocycles. The summed E-state index contributed by atoms with van der Waals surface area (Å²) in [5.74, 6) is -0.517. The SMILES string of the molecule is Cn1cc(-c2ccc3nnc(CC(=O)C(C)(C)F)cc3c2)nn1. The molecule has 3 aromatic rings. The second-order valence-electron chi connectivity index (χ2n) is 5.96. The van der Waals surface area contributed by atoms with E-state index in [4.69, 9.17) is 0 Å². The number of rotatable bonds is 4. The molecule has 0 bridgehead atoms. The molecule has 0 fully saturated rings. The summed E-state index contributed by atoms with van der Waals surface area (Å²) in [7, 11) is 1.80. The number of alkyl halides is 1. The van der Waals surface area contributed by atoms with E-state index in [-0.39, 0.29) is 6.42 Å². The van der Waals surface area contributed by atoms with Gasteiger partial charge in [-0.25, -0.2) is 4.39 Å². The van der Waals surface area contributed by atoms with Crippen LogP contribution in [0.5, 0.6) is 0 Å². The van der Waals surface area contributed by atoms with E-state index in [0.29, 0.717) is 11.2 Å². The predicted molar refractivity (Wildman–Crippen MR) is 83.4 cm³/mol. The lowest BCUT2D eigenvalue weighted by Gasteiger charge is -2.11. The number of fused-ring (bicyclic) bond motifs is 1. The molecule has 0 N–H and O–H groups in total. The summed E-state index contributed by atoms with van der Waals surface area (Å²) in [5.41, 5.74) is 0.909. The second-order valence-corrected chi connectivity index (χ2v) is 5.96. The lowest BCUT2D eigenvalue weighted by atomic mass is 10.0. The van der Waals surface area contributed by atoms with Gasteiger partial charge in [-0.05, 0) is 32.0 Å². The van der Waals surface area contributed by atoms with Crippen molar-refractivity contribution < 1.29 is 9.18 Å². The number of aryl methyl sites for hydroxylation is 1. The molecular weight excluding hydrogens is 297 g/mol. The first-order valence-corrected chi connectivity index (χ1v) is 7.18. The molecule has 0 saturated heterocycles. The van der Waals surface area contributed by atoms with E-state index in [9.17, 15) is 9.18 Å². The first-order valence-electron chi connectivity index (χ1n) is 7.18. The molecule has 0 saturated carbocycles. The number of benzene rings is 1. The van der Waals surface area contributed by atoms with E-state index in [2.05, 4.69) is 20.5 Å². The van der Waals surface area contributed by atoms with E-state index < -0.39 is 11.5 Å². The Hall–Kier alpha value is -2.70. The van der Waals surface area contributed by atoms with Gasteiger partial charge in [0.2, 0.25) is 0 Å². The van der Waals surface area contributed by atoms with Gasteiger partial charge in [0, 0.05) is 18.0 Å². The van der Waals surface area contributed by atoms with Crippen LogP contribution in [0.15, 0.2) is 30.5 Å². The zero-order valence-corrected chi connectivity index (χ0v) is 13.1. The smallest absolute Gasteiger partial charge is 0.175 e. The van der Waals surface area contributed by atoms with Gasteiger partial charge in [0.15, 0.2) is 11.5 Å². The summed E-state index contributed by atoms with van der Waals surface area (Å²) in [6.07, 6.45) is 1.73. The topological polar surface area (TPSA) is 73.6 Å². The van der Waals surface area contributed by atoms with Crippen molar-refractivity contribution in [1.82, 2.24) is 25.2 Å². The van der Waals surface area contributed by atoms with Gasteiger partial charge in [-0.1, -0.05) is 11.3 Å². The highest BCUT2D eigenvalue weighted by molar-refractivity contribution is 5.89.